The van der Waals surface area contributed by atoms with Crippen LogP contribution < -0.4 is 5.73 Å². The van der Waals surface area contributed by atoms with Gasteiger partial charge in [0, 0.05) is 0 Å². The third kappa shape index (κ3) is 1.97. The first-order chi connectivity index (χ1) is 5.29. The van der Waals surface area contributed by atoms with Gasteiger partial charge in [0.1, 0.15) is 0 Å². The van der Waals surface area contributed by atoms with Crippen LogP contribution in [0, 0.1) is 11.8 Å². The molecule has 0 aromatic rings. The summed E-state index contributed by atoms with van der Waals surface area (Å²) in [6.07, 6.45) is 8.68. The SMILES string of the molecule is C=C/C(=C\C=C/N)[C@@H]1C[C@H]1C. The van der Waals surface area contributed by atoms with Crippen molar-refractivity contribution in [1.29, 1.82) is 0 Å². The third-order valence-corrected chi connectivity index (χ3v) is 2.17. The van der Waals surface area contributed by atoms with Crippen molar-refractivity contribution in [2.24, 2.45) is 17.6 Å². The van der Waals surface area contributed by atoms with Gasteiger partial charge in [-0.1, -0.05) is 25.7 Å². The lowest BCUT2D eigenvalue weighted by Gasteiger charge is -1.95. The molecule has 1 fully saturated rings. The minimum absolute atomic E-state index is 0.740. The van der Waals surface area contributed by atoms with E-state index in [0.717, 1.165) is 11.8 Å². The lowest BCUT2D eigenvalue weighted by Crippen LogP contribution is -1.82. The summed E-state index contributed by atoms with van der Waals surface area (Å²) in [4.78, 5) is 0. The molecule has 0 saturated heterocycles. The Morgan fingerprint density at radius 3 is 2.64 bits per heavy atom. The highest BCUT2D eigenvalue weighted by Gasteiger charge is 2.33. The van der Waals surface area contributed by atoms with Crippen LogP contribution in [0.4, 0.5) is 0 Å². The van der Waals surface area contributed by atoms with Crippen LogP contribution in [0.5, 0.6) is 0 Å². The summed E-state index contributed by atoms with van der Waals surface area (Å²) >= 11 is 0. The van der Waals surface area contributed by atoms with Crippen molar-refractivity contribution in [3.63, 3.8) is 0 Å². The number of nitrogens with two attached hydrogens (primary N) is 1. The smallest absolute Gasteiger partial charge is 0.00623 e. The van der Waals surface area contributed by atoms with Crippen LogP contribution in [0.2, 0.25) is 0 Å². The Morgan fingerprint density at radius 2 is 2.27 bits per heavy atom. The molecule has 60 valence electrons. The van der Waals surface area contributed by atoms with Crippen LogP contribution >= 0.6 is 0 Å². The molecule has 1 aliphatic rings. The Kier molecular flexibility index (Phi) is 2.53. The van der Waals surface area contributed by atoms with Crippen LogP contribution in [0.1, 0.15) is 13.3 Å². The third-order valence-electron chi connectivity index (χ3n) is 2.17. The summed E-state index contributed by atoms with van der Waals surface area (Å²) in [5, 5.41) is 0. The Labute approximate surface area is 68.3 Å². The minimum atomic E-state index is 0.740. The second-order valence-corrected chi connectivity index (χ2v) is 3.08. The average molecular weight is 149 g/mol. The van der Waals surface area contributed by atoms with E-state index in [2.05, 4.69) is 13.5 Å². The molecule has 0 amide bonds. The normalized spacial score (nSPS) is 30.8. The number of allylic oxidation sites excluding steroid dienone is 4. The maximum atomic E-state index is 5.23. The molecule has 0 aliphatic heterocycles. The van der Waals surface area contributed by atoms with Gasteiger partial charge in [-0.3, -0.25) is 0 Å². The van der Waals surface area contributed by atoms with Crippen molar-refractivity contribution in [2.45, 2.75) is 13.3 Å². The van der Waals surface area contributed by atoms with E-state index >= 15 is 0 Å². The van der Waals surface area contributed by atoms with E-state index in [4.69, 9.17) is 5.73 Å². The van der Waals surface area contributed by atoms with E-state index in [1.54, 1.807) is 6.20 Å². The van der Waals surface area contributed by atoms with Gasteiger partial charge < -0.3 is 5.73 Å². The quantitative estimate of drug-likeness (QED) is 0.612. The van der Waals surface area contributed by atoms with Gasteiger partial charge in [-0.05, 0) is 36.1 Å². The van der Waals surface area contributed by atoms with Crippen molar-refractivity contribution in [3.8, 4) is 0 Å². The fraction of sp³-hybridized carbons (Fsp3) is 0.400. The Hall–Kier alpha value is -0.980. The molecule has 2 atom stereocenters. The molecular formula is C10H15N. The fourth-order valence-corrected chi connectivity index (χ4v) is 1.30. The highest BCUT2D eigenvalue weighted by molar-refractivity contribution is 5.28. The molecule has 1 rings (SSSR count). The van der Waals surface area contributed by atoms with Crippen molar-refractivity contribution in [1.82, 2.24) is 0 Å². The van der Waals surface area contributed by atoms with E-state index in [9.17, 15) is 0 Å². The zero-order valence-corrected chi connectivity index (χ0v) is 6.96. The van der Waals surface area contributed by atoms with E-state index in [0.29, 0.717) is 0 Å². The van der Waals surface area contributed by atoms with Crippen LogP contribution in [-0.4, -0.2) is 0 Å². The second kappa shape index (κ2) is 3.42. The second-order valence-electron chi connectivity index (χ2n) is 3.08. The number of rotatable bonds is 3. The number of hydrogen-bond donors (Lipinski definition) is 1. The van der Waals surface area contributed by atoms with Crippen LogP contribution in [0.15, 0.2) is 36.6 Å². The Morgan fingerprint density at radius 1 is 1.64 bits per heavy atom. The van der Waals surface area contributed by atoms with Gasteiger partial charge in [-0.15, -0.1) is 0 Å². The largest absolute Gasteiger partial charge is 0.405 e. The predicted molar refractivity (Wildman–Crippen MR) is 48.9 cm³/mol. The van der Waals surface area contributed by atoms with Gasteiger partial charge in [0.25, 0.3) is 0 Å². The van der Waals surface area contributed by atoms with E-state index < -0.39 is 0 Å². The summed E-state index contributed by atoms with van der Waals surface area (Å²) in [7, 11) is 0. The summed E-state index contributed by atoms with van der Waals surface area (Å²) in [6.45, 7) is 6.02. The highest BCUT2D eigenvalue weighted by Crippen LogP contribution is 2.43. The van der Waals surface area contributed by atoms with Crippen molar-refractivity contribution in [2.75, 3.05) is 0 Å². The van der Waals surface area contributed by atoms with E-state index in [1.807, 2.05) is 18.2 Å². The predicted octanol–water partition coefficient (Wildman–Crippen LogP) is 2.23. The molecule has 0 aromatic heterocycles. The monoisotopic (exact) mass is 149 g/mol. The van der Waals surface area contributed by atoms with Gasteiger partial charge in [0.2, 0.25) is 0 Å². The zero-order chi connectivity index (χ0) is 8.27. The molecule has 0 spiro atoms. The minimum Gasteiger partial charge on any atom is -0.405 e. The first kappa shape index (κ1) is 8.12. The maximum Gasteiger partial charge on any atom is -0.00623 e. The maximum absolute atomic E-state index is 5.23. The zero-order valence-electron chi connectivity index (χ0n) is 6.96. The molecule has 0 heterocycles. The summed E-state index contributed by atoms with van der Waals surface area (Å²) in [5.74, 6) is 1.58. The van der Waals surface area contributed by atoms with Crippen molar-refractivity contribution < 1.29 is 0 Å². The highest BCUT2D eigenvalue weighted by atomic mass is 14.5. The molecule has 1 nitrogen and oxygen atoms in total. The van der Waals surface area contributed by atoms with Crippen LogP contribution in [0.25, 0.3) is 0 Å². The van der Waals surface area contributed by atoms with Gasteiger partial charge in [-0.2, -0.15) is 0 Å². The van der Waals surface area contributed by atoms with Gasteiger partial charge in [0.15, 0.2) is 0 Å². The first-order valence-electron chi connectivity index (χ1n) is 4.00. The molecule has 0 bridgehead atoms. The summed E-state index contributed by atoms with van der Waals surface area (Å²) < 4.78 is 0. The summed E-state index contributed by atoms with van der Waals surface area (Å²) in [5.41, 5.74) is 6.55. The lowest BCUT2D eigenvalue weighted by molar-refractivity contribution is 0.874. The molecular weight excluding hydrogens is 134 g/mol. The molecule has 0 unspecified atom stereocenters. The molecule has 1 saturated carbocycles. The molecule has 11 heavy (non-hydrogen) atoms. The molecule has 2 N–H and O–H groups in total. The topological polar surface area (TPSA) is 26.0 Å². The van der Waals surface area contributed by atoms with Gasteiger partial charge >= 0.3 is 0 Å². The lowest BCUT2D eigenvalue weighted by atomic mass is 10.1. The molecule has 0 aromatic carbocycles. The average Bonchev–Trinajstić information content (AvgIpc) is 2.69. The first-order valence-corrected chi connectivity index (χ1v) is 4.00. The molecule has 1 heteroatoms. The fourth-order valence-electron chi connectivity index (χ4n) is 1.30. The van der Waals surface area contributed by atoms with Crippen LogP contribution in [-0.2, 0) is 0 Å². The Bertz CT molecular complexity index is 201. The van der Waals surface area contributed by atoms with Crippen molar-refractivity contribution >= 4 is 0 Å². The molecule has 0 radical (unpaired) electrons. The Balaban J connectivity index is 2.56. The van der Waals surface area contributed by atoms with E-state index in [1.165, 1.54) is 12.0 Å². The van der Waals surface area contributed by atoms with Gasteiger partial charge in [-0.25, -0.2) is 0 Å². The van der Waals surface area contributed by atoms with Crippen molar-refractivity contribution in [3.05, 3.63) is 36.6 Å². The summed E-state index contributed by atoms with van der Waals surface area (Å²) in [6, 6.07) is 0. The van der Waals surface area contributed by atoms with E-state index in [-0.39, 0.29) is 0 Å². The van der Waals surface area contributed by atoms with Crippen LogP contribution in [0.3, 0.4) is 0 Å². The number of hydrogen-bond acceptors (Lipinski definition) is 1. The van der Waals surface area contributed by atoms with Gasteiger partial charge in [0.05, 0.1) is 0 Å². The standard InChI is InChI=1S/C10H15N/c1-3-9(5-4-6-11)10-7-8(10)2/h3-6,8,10H,1,7,11H2,2H3/b6-4-,9-5+/t8-,10-/m1/s1. The molecule has 1 aliphatic carbocycles.